The maximum atomic E-state index is 14.4. The van der Waals surface area contributed by atoms with Crippen molar-refractivity contribution in [1.29, 1.82) is 0 Å². The number of nitrogens with zero attached hydrogens (tertiary/aromatic N) is 4. The highest BCUT2D eigenvalue weighted by Gasteiger charge is 2.40. The molecular weight excluding hydrogens is 479 g/mol. The van der Waals surface area contributed by atoms with Crippen molar-refractivity contribution in [3.8, 4) is 0 Å². The van der Waals surface area contributed by atoms with E-state index in [2.05, 4.69) is 17.0 Å². The number of rotatable bonds is 5. The summed E-state index contributed by atoms with van der Waals surface area (Å²) >= 11 is 6.09. The van der Waals surface area contributed by atoms with E-state index in [-0.39, 0.29) is 23.8 Å². The van der Waals surface area contributed by atoms with Gasteiger partial charge < -0.3 is 9.80 Å². The van der Waals surface area contributed by atoms with Crippen LogP contribution in [-0.4, -0.2) is 92.1 Å². The van der Waals surface area contributed by atoms with E-state index < -0.39 is 10.0 Å². The average molecular weight is 509 g/mol. The first-order valence-electron chi connectivity index (χ1n) is 11.3. The highest BCUT2D eigenvalue weighted by Crippen LogP contribution is 2.32. The molecule has 0 saturated carbocycles. The van der Waals surface area contributed by atoms with Gasteiger partial charge in [-0.1, -0.05) is 41.9 Å². The zero-order chi connectivity index (χ0) is 24.5. The summed E-state index contributed by atoms with van der Waals surface area (Å²) in [7, 11) is -1.32. The lowest BCUT2D eigenvalue weighted by Gasteiger charge is -2.35. The molecule has 1 unspecified atom stereocenters. The number of benzene rings is 2. The lowest BCUT2D eigenvalue weighted by atomic mass is 9.93. The number of likely N-dealkylation sites (tertiary alicyclic amines) is 1. The van der Waals surface area contributed by atoms with Gasteiger partial charge in [0, 0.05) is 68.4 Å². The fraction of sp³-hybridized carbons (Fsp3) is 0.458. The SMILES string of the molecule is CN(Cc1cc(Cl)ccc1F)[C@H]1CN(C(=O)N2CCN(S(C)(=O)=O)CC2)CC1c1ccccc1. The lowest BCUT2D eigenvalue weighted by molar-refractivity contribution is 0.138. The normalized spacial score (nSPS) is 21.9. The van der Waals surface area contributed by atoms with Crippen LogP contribution in [0, 0.1) is 5.82 Å². The van der Waals surface area contributed by atoms with Crippen LogP contribution in [0.3, 0.4) is 0 Å². The first-order chi connectivity index (χ1) is 16.1. The van der Waals surface area contributed by atoms with E-state index in [0.717, 1.165) is 5.56 Å². The number of carbonyl (C=O) groups excluding carboxylic acids is 1. The van der Waals surface area contributed by atoms with Gasteiger partial charge in [0.15, 0.2) is 0 Å². The van der Waals surface area contributed by atoms with Crippen molar-refractivity contribution in [3.63, 3.8) is 0 Å². The molecule has 184 valence electrons. The standard InChI is InChI=1S/C24H30ClFN4O3S/c1-27(15-19-14-20(25)8-9-22(19)26)23-17-29(16-21(23)18-6-4-3-5-7-18)24(31)28-10-12-30(13-11-28)34(2,32)33/h3-9,14,21,23H,10-13,15-17H2,1-2H3/t21?,23-/m0/s1. The van der Waals surface area contributed by atoms with Crippen molar-refractivity contribution in [1.82, 2.24) is 19.0 Å². The third-order valence-corrected chi connectivity index (χ3v) is 8.30. The van der Waals surface area contributed by atoms with Crippen molar-refractivity contribution >= 4 is 27.7 Å². The van der Waals surface area contributed by atoms with Gasteiger partial charge in [-0.3, -0.25) is 4.90 Å². The monoisotopic (exact) mass is 508 g/mol. The fourth-order valence-electron chi connectivity index (χ4n) is 4.88. The van der Waals surface area contributed by atoms with Gasteiger partial charge in [-0.2, -0.15) is 4.31 Å². The number of sulfonamides is 1. The summed E-state index contributed by atoms with van der Waals surface area (Å²) in [6.45, 7) is 2.76. The highest BCUT2D eigenvalue weighted by molar-refractivity contribution is 7.88. The smallest absolute Gasteiger partial charge is 0.320 e. The van der Waals surface area contributed by atoms with Gasteiger partial charge in [-0.25, -0.2) is 17.6 Å². The Balaban J connectivity index is 1.50. The topological polar surface area (TPSA) is 64.2 Å². The first-order valence-corrected chi connectivity index (χ1v) is 13.5. The van der Waals surface area contributed by atoms with E-state index in [1.165, 1.54) is 22.7 Å². The van der Waals surface area contributed by atoms with Crippen LogP contribution in [0.2, 0.25) is 5.02 Å². The number of hydrogen-bond acceptors (Lipinski definition) is 4. The predicted molar refractivity (Wildman–Crippen MR) is 131 cm³/mol. The molecular formula is C24H30ClFN4O3S. The maximum absolute atomic E-state index is 14.4. The Bertz CT molecular complexity index is 1130. The van der Waals surface area contributed by atoms with Crippen LogP contribution in [0.25, 0.3) is 0 Å². The van der Waals surface area contributed by atoms with E-state index in [1.807, 2.05) is 30.1 Å². The second-order valence-corrected chi connectivity index (χ2v) is 11.5. The second-order valence-electron chi connectivity index (χ2n) is 9.07. The Hall–Kier alpha value is -2.20. The maximum Gasteiger partial charge on any atom is 0.320 e. The Morgan fingerprint density at radius 3 is 2.38 bits per heavy atom. The van der Waals surface area contributed by atoms with Gasteiger partial charge in [0.25, 0.3) is 0 Å². The molecule has 2 fully saturated rings. The number of halogens is 2. The molecule has 2 aromatic carbocycles. The molecule has 2 aromatic rings. The van der Waals surface area contributed by atoms with Crippen LogP contribution in [0.4, 0.5) is 9.18 Å². The summed E-state index contributed by atoms with van der Waals surface area (Å²) in [6, 6.07) is 14.5. The van der Waals surface area contributed by atoms with Crippen molar-refractivity contribution in [2.45, 2.75) is 18.5 Å². The van der Waals surface area contributed by atoms with Crippen molar-refractivity contribution in [2.75, 3.05) is 52.6 Å². The highest BCUT2D eigenvalue weighted by atomic mass is 35.5. The first kappa shape index (κ1) is 24.9. The molecule has 2 aliphatic rings. The molecule has 4 rings (SSSR count). The molecule has 34 heavy (non-hydrogen) atoms. The van der Waals surface area contributed by atoms with E-state index >= 15 is 0 Å². The van der Waals surface area contributed by atoms with Gasteiger partial charge in [-0.15, -0.1) is 0 Å². The minimum absolute atomic E-state index is 0.0120. The van der Waals surface area contributed by atoms with Crippen LogP contribution in [0.15, 0.2) is 48.5 Å². The summed E-state index contributed by atoms with van der Waals surface area (Å²) < 4.78 is 39.4. The number of amides is 2. The summed E-state index contributed by atoms with van der Waals surface area (Å²) in [4.78, 5) is 19.0. The van der Waals surface area contributed by atoms with Gasteiger partial charge >= 0.3 is 6.03 Å². The van der Waals surface area contributed by atoms with Gasteiger partial charge in [0.05, 0.1) is 6.26 Å². The largest absolute Gasteiger partial charge is 0.322 e. The van der Waals surface area contributed by atoms with Crippen molar-refractivity contribution < 1.29 is 17.6 Å². The minimum Gasteiger partial charge on any atom is -0.322 e. The van der Waals surface area contributed by atoms with Crippen LogP contribution in [-0.2, 0) is 16.6 Å². The van der Waals surface area contributed by atoms with Gasteiger partial charge in [0.2, 0.25) is 10.0 Å². The summed E-state index contributed by atoms with van der Waals surface area (Å²) in [5.41, 5.74) is 1.64. The summed E-state index contributed by atoms with van der Waals surface area (Å²) in [5.74, 6) is -0.239. The molecule has 0 bridgehead atoms. The molecule has 0 radical (unpaired) electrons. The molecule has 2 heterocycles. The van der Waals surface area contributed by atoms with Gasteiger partial charge in [0.1, 0.15) is 5.82 Å². The van der Waals surface area contributed by atoms with E-state index in [0.29, 0.717) is 56.4 Å². The Morgan fingerprint density at radius 2 is 1.74 bits per heavy atom. The summed E-state index contributed by atoms with van der Waals surface area (Å²) in [6.07, 6.45) is 1.19. The Kier molecular flexibility index (Phi) is 7.47. The van der Waals surface area contributed by atoms with Crippen molar-refractivity contribution in [3.05, 3.63) is 70.5 Å². The zero-order valence-electron chi connectivity index (χ0n) is 19.4. The fourth-order valence-corrected chi connectivity index (χ4v) is 5.90. The number of urea groups is 1. The average Bonchev–Trinajstić information content (AvgIpc) is 3.27. The van der Waals surface area contributed by atoms with Crippen LogP contribution >= 0.6 is 11.6 Å². The van der Waals surface area contributed by atoms with E-state index in [1.54, 1.807) is 11.0 Å². The molecule has 2 atom stereocenters. The number of carbonyl (C=O) groups is 1. The molecule has 0 spiro atoms. The predicted octanol–water partition coefficient (Wildman–Crippen LogP) is 3.08. The molecule has 7 nitrogen and oxygen atoms in total. The molecule has 2 aliphatic heterocycles. The zero-order valence-corrected chi connectivity index (χ0v) is 21.0. The Labute approximate surface area is 205 Å². The van der Waals surface area contributed by atoms with Crippen LogP contribution < -0.4 is 0 Å². The molecule has 2 saturated heterocycles. The van der Waals surface area contributed by atoms with Gasteiger partial charge in [-0.05, 0) is 30.8 Å². The number of hydrogen-bond donors (Lipinski definition) is 0. The summed E-state index contributed by atoms with van der Waals surface area (Å²) in [5, 5.41) is 0.487. The molecule has 0 N–H and O–H groups in total. The van der Waals surface area contributed by atoms with Crippen molar-refractivity contribution in [2.24, 2.45) is 0 Å². The number of likely N-dealkylation sites (N-methyl/N-ethyl adjacent to an activating group) is 1. The number of piperazine rings is 1. The molecule has 2 amide bonds. The van der Waals surface area contributed by atoms with Crippen LogP contribution in [0.1, 0.15) is 17.0 Å². The lowest BCUT2D eigenvalue weighted by Crippen LogP contribution is -2.53. The second kappa shape index (κ2) is 10.2. The van der Waals surface area contributed by atoms with E-state index in [4.69, 9.17) is 11.6 Å². The molecule has 0 aromatic heterocycles. The Morgan fingerprint density at radius 1 is 1.06 bits per heavy atom. The third-order valence-electron chi connectivity index (χ3n) is 6.76. The third kappa shape index (κ3) is 5.54. The minimum atomic E-state index is -3.26. The van der Waals surface area contributed by atoms with Crippen LogP contribution in [0.5, 0.6) is 0 Å². The molecule has 0 aliphatic carbocycles. The van der Waals surface area contributed by atoms with E-state index in [9.17, 15) is 17.6 Å². The quantitative estimate of drug-likeness (QED) is 0.622. The molecule has 10 heteroatoms.